The third-order valence-electron chi connectivity index (χ3n) is 2.80. The van der Waals surface area contributed by atoms with Crippen LogP contribution in [0.15, 0.2) is 24.3 Å². The molecule has 1 aromatic carbocycles. The topological polar surface area (TPSA) is 66.4 Å². The minimum atomic E-state index is -3.49. The van der Waals surface area contributed by atoms with E-state index in [1.54, 1.807) is 0 Å². The Bertz CT molecular complexity index is 494. The summed E-state index contributed by atoms with van der Waals surface area (Å²) in [6.07, 6.45) is 1.32. The van der Waals surface area contributed by atoms with Crippen LogP contribution in [-0.4, -0.2) is 25.7 Å². The molecular weight excluding hydrogens is 245 g/mol. The van der Waals surface area contributed by atoms with Crippen molar-refractivity contribution in [1.82, 2.24) is 4.72 Å². The Morgan fingerprint density at radius 2 is 1.88 bits per heavy atom. The summed E-state index contributed by atoms with van der Waals surface area (Å²) in [5, 5.41) is 9.05. The zero-order valence-electron chi connectivity index (χ0n) is 9.19. The first-order valence-electron chi connectivity index (χ1n) is 5.32. The molecule has 2 N–H and O–H groups in total. The minimum absolute atomic E-state index is 0.185. The summed E-state index contributed by atoms with van der Waals surface area (Å²) in [6, 6.07) is 5.33. The second-order valence-corrected chi connectivity index (χ2v) is 6.15. The van der Waals surface area contributed by atoms with E-state index in [2.05, 4.69) is 4.72 Å². The van der Waals surface area contributed by atoms with Crippen LogP contribution in [0.25, 0.3) is 0 Å². The fourth-order valence-corrected chi connectivity index (χ4v) is 3.24. The third-order valence-corrected chi connectivity index (χ3v) is 4.26. The Labute approximate surface area is 99.5 Å². The monoisotopic (exact) mass is 259 g/mol. The Kier molecular flexibility index (Phi) is 3.20. The predicted octanol–water partition coefficient (Wildman–Crippen LogP) is 0.770. The lowest BCUT2D eigenvalue weighted by Gasteiger charge is -2.14. The standard InChI is InChI=1S/C11H14FNO3S/c12-10-3-1-9(2-4-10)7-17(15,16)13-11(8-14)5-6-11/h1-4,13-14H,5-8H2. The SMILES string of the molecule is O=S(=O)(Cc1ccc(F)cc1)NC1(CO)CC1. The molecular formula is C11H14FNO3S. The average molecular weight is 259 g/mol. The summed E-state index contributed by atoms with van der Waals surface area (Å²) in [7, 11) is -3.49. The summed E-state index contributed by atoms with van der Waals surface area (Å²) in [6.45, 7) is -0.185. The van der Waals surface area contributed by atoms with Crippen molar-refractivity contribution in [3.05, 3.63) is 35.6 Å². The molecule has 94 valence electrons. The molecule has 2 rings (SSSR count). The van der Waals surface area contributed by atoms with Gasteiger partial charge in [0.1, 0.15) is 5.82 Å². The highest BCUT2D eigenvalue weighted by atomic mass is 32.2. The molecule has 1 fully saturated rings. The fraction of sp³-hybridized carbons (Fsp3) is 0.455. The number of halogens is 1. The van der Waals surface area contributed by atoms with Crippen molar-refractivity contribution in [2.75, 3.05) is 6.61 Å². The number of sulfonamides is 1. The largest absolute Gasteiger partial charge is 0.394 e. The van der Waals surface area contributed by atoms with Gasteiger partial charge in [0.2, 0.25) is 10.0 Å². The highest BCUT2D eigenvalue weighted by Crippen LogP contribution is 2.35. The van der Waals surface area contributed by atoms with Crippen molar-refractivity contribution in [2.24, 2.45) is 0 Å². The predicted molar refractivity (Wildman–Crippen MR) is 61.2 cm³/mol. The molecule has 1 saturated carbocycles. The molecule has 0 aromatic heterocycles. The van der Waals surface area contributed by atoms with E-state index >= 15 is 0 Å². The van der Waals surface area contributed by atoms with Gasteiger partial charge in [-0.2, -0.15) is 0 Å². The van der Waals surface area contributed by atoms with Crippen LogP contribution in [0.5, 0.6) is 0 Å². The summed E-state index contributed by atoms with van der Waals surface area (Å²) in [5.41, 5.74) is -0.133. The van der Waals surface area contributed by atoms with Crippen molar-refractivity contribution in [3.8, 4) is 0 Å². The molecule has 0 unspecified atom stereocenters. The van der Waals surface area contributed by atoms with E-state index in [4.69, 9.17) is 5.11 Å². The molecule has 0 amide bonds. The van der Waals surface area contributed by atoms with Gasteiger partial charge in [-0.3, -0.25) is 0 Å². The lowest BCUT2D eigenvalue weighted by Crippen LogP contribution is -2.40. The smallest absolute Gasteiger partial charge is 0.216 e. The molecule has 0 heterocycles. The normalized spacial score (nSPS) is 18.0. The van der Waals surface area contributed by atoms with Gasteiger partial charge >= 0.3 is 0 Å². The molecule has 1 aliphatic rings. The van der Waals surface area contributed by atoms with Gasteiger partial charge < -0.3 is 5.11 Å². The van der Waals surface area contributed by atoms with Crippen LogP contribution < -0.4 is 4.72 Å². The average Bonchev–Trinajstić information content (AvgIpc) is 3.01. The van der Waals surface area contributed by atoms with E-state index in [-0.39, 0.29) is 12.4 Å². The zero-order valence-corrected chi connectivity index (χ0v) is 10.0. The van der Waals surface area contributed by atoms with Crippen LogP contribution in [-0.2, 0) is 15.8 Å². The number of aliphatic hydroxyl groups excluding tert-OH is 1. The van der Waals surface area contributed by atoms with Crippen molar-refractivity contribution < 1.29 is 17.9 Å². The van der Waals surface area contributed by atoms with E-state index in [1.165, 1.54) is 24.3 Å². The molecule has 0 aliphatic heterocycles. The molecule has 0 spiro atoms. The van der Waals surface area contributed by atoms with Crippen LogP contribution in [0.3, 0.4) is 0 Å². The summed E-state index contributed by atoms with van der Waals surface area (Å²) < 4.78 is 38.7. The van der Waals surface area contributed by atoms with Crippen molar-refractivity contribution in [3.63, 3.8) is 0 Å². The van der Waals surface area contributed by atoms with Crippen LogP contribution in [0, 0.1) is 5.82 Å². The van der Waals surface area contributed by atoms with E-state index in [1.807, 2.05) is 0 Å². The molecule has 0 radical (unpaired) electrons. The van der Waals surface area contributed by atoms with Gasteiger partial charge in [0.05, 0.1) is 17.9 Å². The Morgan fingerprint density at radius 3 is 2.35 bits per heavy atom. The Morgan fingerprint density at radius 1 is 1.29 bits per heavy atom. The summed E-state index contributed by atoms with van der Waals surface area (Å²) in [4.78, 5) is 0. The van der Waals surface area contributed by atoms with Gasteiger partial charge in [-0.25, -0.2) is 17.5 Å². The van der Waals surface area contributed by atoms with E-state index in [0.717, 1.165) is 0 Å². The van der Waals surface area contributed by atoms with Gasteiger partial charge in [-0.1, -0.05) is 12.1 Å². The molecule has 4 nitrogen and oxygen atoms in total. The second kappa shape index (κ2) is 4.36. The molecule has 6 heteroatoms. The van der Waals surface area contributed by atoms with E-state index in [0.29, 0.717) is 18.4 Å². The maximum Gasteiger partial charge on any atom is 0.216 e. The number of benzene rings is 1. The third kappa shape index (κ3) is 3.24. The Balaban J connectivity index is 2.04. The molecule has 0 atom stereocenters. The number of hydrogen-bond donors (Lipinski definition) is 2. The summed E-state index contributed by atoms with van der Waals surface area (Å²) >= 11 is 0. The first-order chi connectivity index (χ1) is 7.95. The summed E-state index contributed by atoms with van der Waals surface area (Å²) in [5.74, 6) is -0.595. The lowest BCUT2D eigenvalue weighted by atomic mass is 10.2. The number of aliphatic hydroxyl groups is 1. The van der Waals surface area contributed by atoms with Gasteiger partial charge in [-0.15, -0.1) is 0 Å². The molecule has 17 heavy (non-hydrogen) atoms. The van der Waals surface area contributed by atoms with Gasteiger partial charge in [0.25, 0.3) is 0 Å². The van der Waals surface area contributed by atoms with Crippen molar-refractivity contribution in [2.45, 2.75) is 24.1 Å². The van der Waals surface area contributed by atoms with Gasteiger partial charge in [0, 0.05) is 0 Å². The van der Waals surface area contributed by atoms with Crippen molar-refractivity contribution in [1.29, 1.82) is 0 Å². The number of hydrogen-bond acceptors (Lipinski definition) is 3. The number of rotatable bonds is 5. The quantitative estimate of drug-likeness (QED) is 0.821. The zero-order chi connectivity index (χ0) is 12.5. The Hall–Kier alpha value is -0.980. The van der Waals surface area contributed by atoms with Crippen LogP contribution in [0.4, 0.5) is 4.39 Å². The molecule has 1 aliphatic carbocycles. The highest BCUT2D eigenvalue weighted by Gasteiger charge is 2.45. The number of nitrogens with one attached hydrogen (secondary N) is 1. The maximum atomic E-state index is 12.7. The molecule has 1 aromatic rings. The van der Waals surface area contributed by atoms with Gasteiger partial charge in [-0.05, 0) is 30.5 Å². The fourth-order valence-electron chi connectivity index (χ4n) is 1.61. The van der Waals surface area contributed by atoms with Crippen LogP contribution >= 0.6 is 0 Å². The first-order valence-corrected chi connectivity index (χ1v) is 6.97. The first kappa shape index (κ1) is 12.5. The second-order valence-electron chi connectivity index (χ2n) is 4.43. The van der Waals surface area contributed by atoms with E-state index < -0.39 is 21.4 Å². The molecule has 0 saturated heterocycles. The molecule has 0 bridgehead atoms. The lowest BCUT2D eigenvalue weighted by molar-refractivity contribution is 0.246. The van der Waals surface area contributed by atoms with Crippen LogP contribution in [0.1, 0.15) is 18.4 Å². The van der Waals surface area contributed by atoms with Gasteiger partial charge in [0.15, 0.2) is 0 Å². The minimum Gasteiger partial charge on any atom is -0.394 e. The van der Waals surface area contributed by atoms with Crippen molar-refractivity contribution >= 4 is 10.0 Å². The maximum absolute atomic E-state index is 12.7. The van der Waals surface area contributed by atoms with Crippen LogP contribution in [0.2, 0.25) is 0 Å². The van der Waals surface area contributed by atoms with E-state index in [9.17, 15) is 12.8 Å². The highest BCUT2D eigenvalue weighted by molar-refractivity contribution is 7.88.